The maximum atomic E-state index is 12.5. The number of benzene rings is 1. The SMILES string of the molecule is [N-]=[N+]=Nc1ccc([N+](=O)[O-])c(C(=O)NC/C=C/c2cn([C@H]3CC[C@@H](COP(=O)(O)OP(=O)(O)OP(=O)(O)O)O3)c(=O)[nH]c2=O)c1. The number of carbonyl (C=O) groups is 1. The quantitative estimate of drug-likeness (QED) is 0.0409. The summed E-state index contributed by atoms with van der Waals surface area (Å²) in [6.07, 6.45) is 1.83. The van der Waals surface area contributed by atoms with Crippen LogP contribution in [0.15, 0.2) is 45.2 Å². The number of phosphoric ester groups is 1. The van der Waals surface area contributed by atoms with Gasteiger partial charge in [-0.1, -0.05) is 17.3 Å². The van der Waals surface area contributed by atoms with Crippen LogP contribution in [0.3, 0.4) is 0 Å². The van der Waals surface area contributed by atoms with Crippen molar-refractivity contribution in [3.05, 3.63) is 83.0 Å². The van der Waals surface area contributed by atoms with E-state index >= 15 is 0 Å². The van der Waals surface area contributed by atoms with Crippen molar-refractivity contribution in [2.75, 3.05) is 13.2 Å². The van der Waals surface area contributed by atoms with Crippen molar-refractivity contribution in [3.8, 4) is 0 Å². The molecule has 1 fully saturated rings. The number of nitro benzene ring substituents is 1. The predicted molar refractivity (Wildman–Crippen MR) is 148 cm³/mol. The van der Waals surface area contributed by atoms with Crippen LogP contribution in [-0.4, -0.2) is 59.2 Å². The van der Waals surface area contributed by atoms with E-state index in [-0.39, 0.29) is 36.2 Å². The Morgan fingerprint density at radius 3 is 2.58 bits per heavy atom. The minimum Gasteiger partial charge on any atom is -0.352 e. The number of amides is 1. The predicted octanol–water partition coefficient (Wildman–Crippen LogP) is 1.85. The summed E-state index contributed by atoms with van der Waals surface area (Å²) in [7, 11) is -16.7. The van der Waals surface area contributed by atoms with Crippen LogP contribution in [0.2, 0.25) is 0 Å². The van der Waals surface area contributed by atoms with Crippen LogP contribution in [0.4, 0.5) is 11.4 Å². The lowest BCUT2D eigenvalue weighted by Gasteiger charge is -2.19. The van der Waals surface area contributed by atoms with Crippen molar-refractivity contribution in [2.24, 2.45) is 5.11 Å². The molecule has 0 bridgehead atoms. The van der Waals surface area contributed by atoms with Gasteiger partial charge in [-0.15, -0.1) is 0 Å². The molecular weight excluding hydrogens is 675 g/mol. The number of hydrogen-bond acceptors (Lipinski definition) is 13. The van der Waals surface area contributed by atoms with Gasteiger partial charge < -0.3 is 29.6 Å². The summed E-state index contributed by atoms with van der Waals surface area (Å²) in [6.45, 7) is -0.975. The van der Waals surface area contributed by atoms with Gasteiger partial charge in [0.25, 0.3) is 17.2 Å². The molecular formula is C19H22N7O16P3. The minimum atomic E-state index is -5.71. The zero-order chi connectivity index (χ0) is 33.6. The standard InChI is InChI=1S/C19H22N7O16P3/c20-24-23-12-3-5-15(26(30)31)14(8-12)18(28)21-7-1-2-11-9-25(19(29)22-17(11)27)16-6-4-13(40-16)10-39-44(35,36)42-45(37,38)41-43(32,33)34/h1-3,5,8-9,13,16H,4,6-7,10H2,(H,21,28)(H,35,36)(H,37,38)(H,22,27,29)(H2,32,33,34)/b2-1+/t13-,16+/m0/s1. The second-order valence-electron chi connectivity index (χ2n) is 8.69. The third-order valence-corrected chi connectivity index (χ3v) is 9.29. The lowest BCUT2D eigenvalue weighted by Crippen LogP contribution is -2.33. The van der Waals surface area contributed by atoms with Crippen LogP contribution < -0.4 is 16.6 Å². The largest absolute Gasteiger partial charge is 0.490 e. The van der Waals surface area contributed by atoms with Gasteiger partial charge in [0.05, 0.1) is 23.2 Å². The van der Waals surface area contributed by atoms with Crippen LogP contribution >= 0.6 is 23.5 Å². The zero-order valence-electron chi connectivity index (χ0n) is 22.2. The Bertz CT molecular complexity index is 1810. The Balaban J connectivity index is 1.63. The number of nitro groups is 1. The van der Waals surface area contributed by atoms with Crippen molar-refractivity contribution in [1.82, 2.24) is 14.9 Å². The number of H-pyrrole nitrogens is 1. The summed E-state index contributed by atoms with van der Waals surface area (Å²) in [5, 5.41) is 16.9. The molecule has 1 aliphatic heterocycles. The number of aromatic nitrogens is 2. The summed E-state index contributed by atoms with van der Waals surface area (Å²) < 4.78 is 52.4. The van der Waals surface area contributed by atoms with E-state index in [4.69, 9.17) is 20.1 Å². The van der Waals surface area contributed by atoms with E-state index in [9.17, 15) is 48.0 Å². The topological polar surface area (TPSA) is 345 Å². The van der Waals surface area contributed by atoms with E-state index in [2.05, 4.69) is 33.5 Å². The first-order chi connectivity index (χ1) is 20.9. The molecule has 1 aromatic carbocycles. The fourth-order valence-electron chi connectivity index (χ4n) is 3.74. The zero-order valence-corrected chi connectivity index (χ0v) is 24.9. The maximum Gasteiger partial charge on any atom is 0.490 e. The molecule has 4 atom stereocenters. The summed E-state index contributed by atoms with van der Waals surface area (Å²) in [5.41, 5.74) is 5.79. The van der Waals surface area contributed by atoms with E-state index in [0.717, 1.165) is 29.0 Å². The number of rotatable bonds is 14. The number of azide groups is 1. The number of phosphoric acid groups is 3. The number of nitrogens with one attached hydrogen (secondary N) is 2. The number of carbonyl (C=O) groups excluding carboxylic acids is 1. The van der Waals surface area contributed by atoms with Crippen molar-refractivity contribution in [1.29, 1.82) is 0 Å². The van der Waals surface area contributed by atoms with Gasteiger partial charge in [0.1, 0.15) is 11.8 Å². The molecule has 1 aliphatic rings. The Kier molecular flexibility index (Phi) is 11.5. The van der Waals surface area contributed by atoms with Crippen LogP contribution in [0, 0.1) is 10.1 Å². The van der Waals surface area contributed by atoms with Gasteiger partial charge in [-0.25, -0.2) is 18.5 Å². The maximum absolute atomic E-state index is 12.5. The second-order valence-corrected chi connectivity index (χ2v) is 13.1. The van der Waals surface area contributed by atoms with Crippen LogP contribution in [-0.2, 0) is 31.6 Å². The molecule has 0 radical (unpaired) electrons. The van der Waals surface area contributed by atoms with Crippen molar-refractivity contribution in [3.63, 3.8) is 0 Å². The van der Waals surface area contributed by atoms with Gasteiger partial charge in [0.2, 0.25) is 0 Å². The van der Waals surface area contributed by atoms with Gasteiger partial charge in [-0.2, -0.15) is 8.62 Å². The van der Waals surface area contributed by atoms with Crippen molar-refractivity contribution in [2.45, 2.75) is 25.2 Å². The Morgan fingerprint density at radius 2 is 1.93 bits per heavy atom. The molecule has 2 aromatic rings. The molecule has 1 saturated heterocycles. The van der Waals surface area contributed by atoms with Gasteiger partial charge in [-0.3, -0.25) is 33.8 Å². The number of hydrogen-bond donors (Lipinski definition) is 6. The molecule has 23 nitrogen and oxygen atoms in total. The first-order valence-corrected chi connectivity index (χ1v) is 16.5. The summed E-state index contributed by atoms with van der Waals surface area (Å²) in [4.78, 5) is 88.2. The molecule has 2 unspecified atom stereocenters. The number of aromatic amines is 1. The number of ether oxygens (including phenoxy) is 1. The molecule has 1 aromatic heterocycles. The molecule has 3 rings (SSSR count). The van der Waals surface area contributed by atoms with E-state index in [1.54, 1.807) is 0 Å². The Labute approximate surface area is 249 Å². The average molecular weight is 697 g/mol. The summed E-state index contributed by atoms with van der Waals surface area (Å²) >= 11 is 0. The van der Waals surface area contributed by atoms with E-state index in [1.807, 2.05) is 0 Å². The average Bonchev–Trinajstić information content (AvgIpc) is 3.37. The molecule has 0 spiro atoms. The third-order valence-electron chi connectivity index (χ3n) is 5.49. The summed E-state index contributed by atoms with van der Waals surface area (Å²) in [5.74, 6) is -0.887. The van der Waals surface area contributed by atoms with Crippen molar-refractivity contribution >= 4 is 46.8 Å². The highest BCUT2D eigenvalue weighted by Gasteiger charge is 2.41. The van der Waals surface area contributed by atoms with Gasteiger partial charge in [-0.05, 0) is 30.5 Å². The lowest BCUT2D eigenvalue weighted by atomic mass is 10.1. The molecule has 26 heteroatoms. The monoisotopic (exact) mass is 697 g/mol. The molecule has 45 heavy (non-hydrogen) atoms. The molecule has 0 aliphatic carbocycles. The molecule has 0 saturated carbocycles. The smallest absolute Gasteiger partial charge is 0.352 e. The molecule has 6 N–H and O–H groups in total. The Morgan fingerprint density at radius 1 is 1.22 bits per heavy atom. The highest BCUT2D eigenvalue weighted by Crippen LogP contribution is 2.66. The fourth-order valence-corrected chi connectivity index (χ4v) is 6.79. The second kappa shape index (κ2) is 14.5. The van der Waals surface area contributed by atoms with E-state index in [1.165, 1.54) is 12.2 Å². The summed E-state index contributed by atoms with van der Waals surface area (Å²) in [6, 6.07) is 3.17. The van der Waals surface area contributed by atoms with Gasteiger partial charge >= 0.3 is 29.2 Å². The fraction of sp³-hybridized carbons (Fsp3) is 0.316. The van der Waals surface area contributed by atoms with Crippen LogP contribution in [0.25, 0.3) is 16.5 Å². The van der Waals surface area contributed by atoms with Crippen LogP contribution in [0.5, 0.6) is 0 Å². The van der Waals surface area contributed by atoms with Crippen LogP contribution in [0.1, 0.15) is 35.0 Å². The molecule has 244 valence electrons. The normalized spacial score (nSPS) is 19.4. The first-order valence-electron chi connectivity index (χ1n) is 12.0. The van der Waals surface area contributed by atoms with Gasteiger partial charge in [0.15, 0.2) is 0 Å². The van der Waals surface area contributed by atoms with E-state index in [0.29, 0.717) is 0 Å². The highest BCUT2D eigenvalue weighted by molar-refractivity contribution is 7.66. The Hall–Kier alpha value is -3.81. The highest BCUT2D eigenvalue weighted by atomic mass is 31.3. The first kappa shape index (κ1) is 35.7. The van der Waals surface area contributed by atoms with Gasteiger partial charge in [0, 0.05) is 29.4 Å². The lowest BCUT2D eigenvalue weighted by molar-refractivity contribution is -0.385. The molecule has 1 amide bonds. The van der Waals surface area contributed by atoms with E-state index < -0.39 is 70.2 Å². The number of nitrogens with zero attached hydrogens (tertiary/aromatic N) is 5. The third kappa shape index (κ3) is 10.6. The molecule has 2 heterocycles. The minimum absolute atomic E-state index is 0.0389. The van der Waals surface area contributed by atoms with Crippen molar-refractivity contribution < 1.29 is 60.9 Å².